The van der Waals surface area contributed by atoms with Crippen molar-refractivity contribution in [2.75, 3.05) is 0 Å². The van der Waals surface area contributed by atoms with Crippen molar-refractivity contribution < 1.29 is 9.53 Å². The number of hydrogen-bond acceptors (Lipinski definition) is 4. The van der Waals surface area contributed by atoms with E-state index in [1.54, 1.807) is 24.3 Å². The van der Waals surface area contributed by atoms with Crippen molar-refractivity contribution in [1.82, 2.24) is 15.0 Å². The highest BCUT2D eigenvalue weighted by Gasteiger charge is 2.19. The van der Waals surface area contributed by atoms with Gasteiger partial charge in [-0.05, 0) is 6.07 Å². The molecule has 7 heteroatoms. The van der Waals surface area contributed by atoms with Crippen molar-refractivity contribution in [3.63, 3.8) is 0 Å². The number of halogens is 1. The van der Waals surface area contributed by atoms with Crippen LogP contribution >= 0.6 is 11.6 Å². The van der Waals surface area contributed by atoms with Gasteiger partial charge in [0.15, 0.2) is 6.10 Å². The molecule has 6 nitrogen and oxygen atoms in total. The maximum Gasteiger partial charge on any atom is 0.405 e. The molecule has 0 fully saturated rings. The van der Waals surface area contributed by atoms with Gasteiger partial charge in [0.1, 0.15) is 6.54 Å². The van der Waals surface area contributed by atoms with Crippen LogP contribution in [0.15, 0.2) is 36.7 Å². The minimum Gasteiger partial charge on any atom is -0.439 e. The third-order valence-electron chi connectivity index (χ3n) is 2.31. The van der Waals surface area contributed by atoms with E-state index in [2.05, 4.69) is 10.2 Å². The molecule has 2 N–H and O–H groups in total. The summed E-state index contributed by atoms with van der Waals surface area (Å²) in [5, 5.41) is 8.39. The summed E-state index contributed by atoms with van der Waals surface area (Å²) in [6.45, 7) is 0.250. The van der Waals surface area contributed by atoms with Crippen LogP contribution in [0, 0.1) is 0 Å². The Morgan fingerprint density at radius 1 is 1.39 bits per heavy atom. The summed E-state index contributed by atoms with van der Waals surface area (Å²) in [6.07, 6.45) is 1.58. The molecule has 1 heterocycles. The zero-order valence-corrected chi connectivity index (χ0v) is 10.1. The first-order chi connectivity index (χ1) is 8.66. The number of nitrogens with zero attached hydrogens (tertiary/aromatic N) is 3. The van der Waals surface area contributed by atoms with E-state index >= 15 is 0 Å². The van der Waals surface area contributed by atoms with E-state index in [0.29, 0.717) is 10.6 Å². The third kappa shape index (κ3) is 2.98. The molecule has 0 bridgehead atoms. The van der Waals surface area contributed by atoms with Gasteiger partial charge in [0.2, 0.25) is 0 Å². The van der Waals surface area contributed by atoms with Crippen molar-refractivity contribution in [2.24, 2.45) is 5.73 Å². The van der Waals surface area contributed by atoms with E-state index in [1.165, 1.54) is 17.2 Å². The summed E-state index contributed by atoms with van der Waals surface area (Å²) < 4.78 is 5.04. The Labute approximate surface area is 108 Å². The number of ether oxygens (including phenoxy) is 1. The Balaban J connectivity index is 2.25. The monoisotopic (exact) mass is 266 g/mol. The zero-order chi connectivity index (χ0) is 13.0. The second-order valence-electron chi connectivity index (χ2n) is 3.53. The number of amides is 1. The fourth-order valence-corrected chi connectivity index (χ4v) is 1.82. The molecule has 1 unspecified atom stereocenters. The molecule has 0 aliphatic carbocycles. The molecule has 0 radical (unpaired) electrons. The molecule has 2 aromatic rings. The Morgan fingerprint density at radius 2 is 2.06 bits per heavy atom. The quantitative estimate of drug-likeness (QED) is 0.914. The van der Waals surface area contributed by atoms with Crippen LogP contribution in [0.3, 0.4) is 0 Å². The van der Waals surface area contributed by atoms with E-state index in [1.807, 2.05) is 0 Å². The maximum atomic E-state index is 10.9. The summed E-state index contributed by atoms with van der Waals surface area (Å²) in [6, 6.07) is 7.07. The van der Waals surface area contributed by atoms with Crippen LogP contribution in [0.4, 0.5) is 4.79 Å². The summed E-state index contributed by atoms with van der Waals surface area (Å²) in [7, 11) is 0. The first-order valence-corrected chi connectivity index (χ1v) is 5.59. The minimum atomic E-state index is -0.868. The van der Waals surface area contributed by atoms with Crippen LogP contribution in [0.2, 0.25) is 5.02 Å². The van der Waals surface area contributed by atoms with Crippen molar-refractivity contribution in [3.8, 4) is 0 Å². The van der Waals surface area contributed by atoms with Gasteiger partial charge in [-0.1, -0.05) is 29.8 Å². The van der Waals surface area contributed by atoms with Gasteiger partial charge in [0, 0.05) is 10.6 Å². The Hall–Kier alpha value is -2.08. The normalized spacial score (nSPS) is 12.1. The van der Waals surface area contributed by atoms with Crippen LogP contribution in [0.1, 0.15) is 11.7 Å². The molecule has 0 spiro atoms. The average molecular weight is 267 g/mol. The molecule has 2 rings (SSSR count). The van der Waals surface area contributed by atoms with Gasteiger partial charge in [-0.15, -0.1) is 0 Å². The van der Waals surface area contributed by atoms with Crippen molar-refractivity contribution in [1.29, 1.82) is 0 Å². The highest BCUT2D eigenvalue weighted by Crippen LogP contribution is 2.26. The van der Waals surface area contributed by atoms with Crippen LogP contribution in [-0.4, -0.2) is 21.1 Å². The Kier molecular flexibility index (Phi) is 3.78. The molecule has 1 atom stereocenters. The van der Waals surface area contributed by atoms with Gasteiger partial charge in [0.05, 0.1) is 12.4 Å². The SMILES string of the molecule is NC(=O)OC(Cn1nccn1)c1ccccc1Cl. The smallest absolute Gasteiger partial charge is 0.405 e. The lowest BCUT2D eigenvalue weighted by Gasteiger charge is -2.17. The fourth-order valence-electron chi connectivity index (χ4n) is 1.56. The van der Waals surface area contributed by atoms with E-state index < -0.39 is 12.2 Å². The molecule has 1 amide bonds. The van der Waals surface area contributed by atoms with Gasteiger partial charge >= 0.3 is 6.09 Å². The van der Waals surface area contributed by atoms with E-state index in [4.69, 9.17) is 22.1 Å². The van der Waals surface area contributed by atoms with Crippen molar-refractivity contribution in [2.45, 2.75) is 12.6 Å². The van der Waals surface area contributed by atoms with E-state index in [9.17, 15) is 4.79 Å². The summed E-state index contributed by atoms with van der Waals surface area (Å²) >= 11 is 6.06. The molecule has 94 valence electrons. The molecule has 1 aromatic heterocycles. The van der Waals surface area contributed by atoms with Crippen molar-refractivity contribution in [3.05, 3.63) is 47.2 Å². The van der Waals surface area contributed by atoms with Gasteiger partial charge in [-0.3, -0.25) is 0 Å². The maximum absolute atomic E-state index is 10.9. The number of nitrogens with two attached hydrogens (primary N) is 1. The van der Waals surface area contributed by atoms with Gasteiger partial charge < -0.3 is 10.5 Å². The van der Waals surface area contributed by atoms with Crippen LogP contribution in [0.5, 0.6) is 0 Å². The first-order valence-electron chi connectivity index (χ1n) is 5.21. The van der Waals surface area contributed by atoms with Crippen LogP contribution in [0.25, 0.3) is 0 Å². The lowest BCUT2D eigenvalue weighted by molar-refractivity contribution is 0.0905. The van der Waals surface area contributed by atoms with E-state index in [0.717, 1.165) is 0 Å². The minimum absolute atomic E-state index is 0.250. The third-order valence-corrected chi connectivity index (χ3v) is 2.65. The standard InChI is InChI=1S/C11H11ClN4O2/c12-9-4-2-1-3-8(9)10(18-11(13)17)7-16-14-5-6-15-16/h1-6,10H,7H2,(H2,13,17). The molecular weight excluding hydrogens is 256 g/mol. The average Bonchev–Trinajstić information content (AvgIpc) is 2.81. The van der Waals surface area contributed by atoms with E-state index in [-0.39, 0.29) is 6.54 Å². The molecule has 0 saturated carbocycles. The second kappa shape index (κ2) is 5.50. The van der Waals surface area contributed by atoms with Gasteiger partial charge in [-0.2, -0.15) is 15.0 Å². The summed E-state index contributed by atoms with van der Waals surface area (Å²) in [5.74, 6) is 0. The second-order valence-corrected chi connectivity index (χ2v) is 3.94. The molecule has 0 aliphatic rings. The van der Waals surface area contributed by atoms with Gasteiger partial charge in [0.25, 0.3) is 0 Å². The molecular formula is C11H11ClN4O2. The number of hydrogen-bond donors (Lipinski definition) is 1. The number of aromatic nitrogens is 3. The topological polar surface area (TPSA) is 83.0 Å². The predicted octanol–water partition coefficient (Wildman–Crippen LogP) is 1.77. The number of primary amides is 1. The molecule has 0 saturated heterocycles. The lowest BCUT2D eigenvalue weighted by Crippen LogP contribution is -2.22. The first kappa shape index (κ1) is 12.4. The Morgan fingerprint density at radius 3 is 2.67 bits per heavy atom. The molecule has 0 aliphatic heterocycles. The fraction of sp³-hybridized carbons (Fsp3) is 0.182. The number of carbonyl (C=O) groups excluding carboxylic acids is 1. The van der Waals surface area contributed by atoms with Crippen LogP contribution in [-0.2, 0) is 11.3 Å². The molecule has 18 heavy (non-hydrogen) atoms. The Bertz CT molecular complexity index is 530. The summed E-state index contributed by atoms with van der Waals surface area (Å²) in [5.41, 5.74) is 5.72. The highest BCUT2D eigenvalue weighted by molar-refractivity contribution is 6.31. The highest BCUT2D eigenvalue weighted by atomic mass is 35.5. The number of benzene rings is 1. The predicted molar refractivity (Wildman–Crippen MR) is 64.9 cm³/mol. The van der Waals surface area contributed by atoms with Crippen LogP contribution < -0.4 is 5.73 Å². The summed E-state index contributed by atoms with van der Waals surface area (Å²) in [4.78, 5) is 12.3. The zero-order valence-electron chi connectivity index (χ0n) is 9.36. The van der Waals surface area contributed by atoms with Gasteiger partial charge in [-0.25, -0.2) is 4.79 Å². The van der Waals surface area contributed by atoms with Crippen molar-refractivity contribution >= 4 is 17.7 Å². The molecule has 1 aromatic carbocycles. The number of rotatable bonds is 4. The number of carbonyl (C=O) groups is 1. The largest absolute Gasteiger partial charge is 0.439 e. The lowest BCUT2D eigenvalue weighted by atomic mass is 10.1.